The van der Waals surface area contributed by atoms with Crippen molar-refractivity contribution >= 4 is 16.9 Å². The fourth-order valence-electron chi connectivity index (χ4n) is 6.40. The summed E-state index contributed by atoms with van der Waals surface area (Å²) in [7, 11) is 1.58. The van der Waals surface area contributed by atoms with Crippen LogP contribution in [-0.4, -0.2) is 99.6 Å². The van der Waals surface area contributed by atoms with Gasteiger partial charge in [-0.2, -0.15) is 13.2 Å². The van der Waals surface area contributed by atoms with Crippen molar-refractivity contribution in [3.8, 4) is 5.88 Å². The summed E-state index contributed by atoms with van der Waals surface area (Å²) in [5.41, 5.74) is 4.35. The zero-order valence-corrected chi connectivity index (χ0v) is 25.1. The zero-order valence-electron chi connectivity index (χ0n) is 25.1. The number of amides is 1. The predicted octanol–water partition coefficient (Wildman–Crippen LogP) is 4.95. The Morgan fingerprint density at radius 2 is 1.75 bits per heavy atom. The van der Waals surface area contributed by atoms with Crippen LogP contribution in [0.4, 0.5) is 13.2 Å². The largest absolute Gasteiger partial charge is 0.480 e. The van der Waals surface area contributed by atoms with Crippen molar-refractivity contribution in [2.24, 2.45) is 5.92 Å². The van der Waals surface area contributed by atoms with Crippen LogP contribution < -0.4 is 4.74 Å². The maximum absolute atomic E-state index is 13.3. The Morgan fingerprint density at radius 1 is 1.00 bits per heavy atom. The Hall–Kier alpha value is -3.77. The van der Waals surface area contributed by atoms with Gasteiger partial charge in [0, 0.05) is 44.8 Å². The number of carbonyl (C=O) groups is 1. The van der Waals surface area contributed by atoms with Crippen LogP contribution in [0.1, 0.15) is 54.0 Å². The number of benzene rings is 1. The van der Waals surface area contributed by atoms with Crippen molar-refractivity contribution in [2.75, 3.05) is 52.9 Å². The number of allylic oxidation sites excluding steroid dienone is 3. The molecule has 2 aliphatic heterocycles. The Kier molecular flexibility index (Phi) is 8.73. The van der Waals surface area contributed by atoms with E-state index in [1.807, 2.05) is 13.0 Å². The van der Waals surface area contributed by atoms with Gasteiger partial charge in [-0.1, -0.05) is 30.7 Å². The van der Waals surface area contributed by atoms with Gasteiger partial charge >= 0.3 is 6.18 Å². The van der Waals surface area contributed by atoms with Crippen molar-refractivity contribution < 1.29 is 22.7 Å². The number of alkyl halides is 3. The molecular weight excluding hydrogens is 571 g/mol. The third-order valence-corrected chi connectivity index (χ3v) is 9.13. The molecule has 234 valence electrons. The summed E-state index contributed by atoms with van der Waals surface area (Å²) in [4.78, 5) is 36.3. The molecule has 1 unspecified atom stereocenters. The Labute approximate surface area is 254 Å². The lowest BCUT2D eigenvalue weighted by Crippen LogP contribution is -2.49. The number of likely N-dealkylation sites (tertiary alicyclic amines) is 1. The number of aromatic nitrogens is 4. The average molecular weight is 610 g/mol. The molecule has 6 rings (SSSR count). The standard InChI is InChI=1S/C32H38F3N7O2/c1-21-15-25(32(33,34)35)5-3-24(21)19-41-11-13-42(14-12-41)31(43)30-38-27-6-4-23(16-28(27)39-30)22-7-9-40(10-8-22)20-26-17-37-29(44-2)18-36-26/h3-6,16-18,21-22H,7-15,19-20H2,1-2H3,(H,38,39). The van der Waals surface area contributed by atoms with Crippen molar-refractivity contribution in [2.45, 2.75) is 44.8 Å². The highest BCUT2D eigenvalue weighted by molar-refractivity contribution is 5.94. The van der Waals surface area contributed by atoms with Crippen LogP contribution in [0, 0.1) is 5.92 Å². The quantitative estimate of drug-likeness (QED) is 0.405. The van der Waals surface area contributed by atoms with E-state index < -0.39 is 11.7 Å². The predicted molar refractivity (Wildman–Crippen MR) is 160 cm³/mol. The zero-order chi connectivity index (χ0) is 30.8. The lowest BCUT2D eigenvalue weighted by Gasteiger charge is -2.36. The van der Waals surface area contributed by atoms with E-state index in [2.05, 4.69) is 41.9 Å². The van der Waals surface area contributed by atoms with E-state index in [1.165, 1.54) is 11.6 Å². The Bertz CT molecular complexity index is 1530. The molecule has 9 nitrogen and oxygen atoms in total. The third-order valence-electron chi connectivity index (χ3n) is 9.13. The van der Waals surface area contributed by atoms with Gasteiger partial charge in [0.05, 0.1) is 36.2 Å². The van der Waals surface area contributed by atoms with Gasteiger partial charge in [-0.25, -0.2) is 9.97 Å². The van der Waals surface area contributed by atoms with E-state index in [-0.39, 0.29) is 18.2 Å². The molecule has 44 heavy (non-hydrogen) atoms. The van der Waals surface area contributed by atoms with E-state index in [1.54, 1.807) is 30.5 Å². The van der Waals surface area contributed by atoms with Crippen LogP contribution in [0.3, 0.4) is 0 Å². The van der Waals surface area contributed by atoms with Gasteiger partial charge in [-0.15, -0.1) is 0 Å². The van der Waals surface area contributed by atoms with Crippen molar-refractivity contribution in [1.29, 1.82) is 0 Å². The monoisotopic (exact) mass is 609 g/mol. The topological polar surface area (TPSA) is 90.5 Å². The second-order valence-corrected chi connectivity index (χ2v) is 12.1. The van der Waals surface area contributed by atoms with Gasteiger partial charge in [0.1, 0.15) is 0 Å². The maximum Gasteiger partial charge on any atom is 0.412 e. The summed E-state index contributed by atoms with van der Waals surface area (Å²) in [6, 6.07) is 6.25. The number of halogens is 3. The number of nitrogens with zero attached hydrogens (tertiary/aromatic N) is 6. The van der Waals surface area contributed by atoms with Gasteiger partial charge in [0.2, 0.25) is 5.88 Å². The molecule has 3 aliphatic rings. The first-order chi connectivity index (χ1) is 21.2. The molecular formula is C32H38F3N7O2. The molecule has 0 spiro atoms. The maximum atomic E-state index is 13.3. The van der Waals surface area contributed by atoms with Crippen LogP contribution in [0.5, 0.6) is 5.88 Å². The average Bonchev–Trinajstić information content (AvgIpc) is 3.46. The summed E-state index contributed by atoms with van der Waals surface area (Å²) in [6.07, 6.45) is 4.07. The first-order valence-corrected chi connectivity index (χ1v) is 15.2. The van der Waals surface area contributed by atoms with Crippen molar-refractivity contribution in [3.05, 3.63) is 71.0 Å². The molecule has 3 aromatic rings. The minimum atomic E-state index is -4.27. The fourth-order valence-corrected chi connectivity index (χ4v) is 6.40. The number of ether oxygens (including phenoxy) is 1. The molecule has 1 aromatic carbocycles. The van der Waals surface area contributed by atoms with Crippen molar-refractivity contribution in [1.82, 2.24) is 34.6 Å². The highest BCUT2D eigenvalue weighted by Gasteiger charge is 2.36. The smallest absolute Gasteiger partial charge is 0.412 e. The van der Waals surface area contributed by atoms with Crippen LogP contribution >= 0.6 is 0 Å². The number of H-pyrrole nitrogens is 1. The lowest BCUT2D eigenvalue weighted by molar-refractivity contribution is -0.0951. The number of aromatic amines is 1. The van der Waals surface area contributed by atoms with Gasteiger partial charge < -0.3 is 14.6 Å². The number of piperazine rings is 1. The van der Waals surface area contributed by atoms with Gasteiger partial charge in [-0.05, 0) is 61.9 Å². The minimum Gasteiger partial charge on any atom is -0.480 e. The van der Waals surface area contributed by atoms with Crippen LogP contribution in [0.25, 0.3) is 11.0 Å². The molecule has 12 heteroatoms. The van der Waals surface area contributed by atoms with E-state index in [0.717, 1.165) is 54.8 Å². The summed E-state index contributed by atoms with van der Waals surface area (Å²) in [5, 5.41) is 0. The van der Waals surface area contributed by atoms with Gasteiger partial charge in [0.15, 0.2) is 5.82 Å². The number of carbonyl (C=O) groups excluding carboxylic acids is 1. The first-order valence-electron chi connectivity index (χ1n) is 15.2. The van der Waals surface area contributed by atoms with Gasteiger partial charge in [0.25, 0.3) is 5.91 Å². The van der Waals surface area contributed by atoms with Crippen LogP contribution in [0.2, 0.25) is 0 Å². The molecule has 4 heterocycles. The molecule has 2 aromatic heterocycles. The van der Waals surface area contributed by atoms with E-state index >= 15 is 0 Å². The third kappa shape index (κ3) is 6.81. The molecule has 0 bridgehead atoms. The second kappa shape index (κ2) is 12.7. The summed E-state index contributed by atoms with van der Waals surface area (Å²) in [5.74, 6) is 1.01. The SMILES string of the molecule is COc1cnc(CN2CCC(c3ccc4nc(C(=O)N5CCN(CC6=CC=C(C(F)(F)F)CC6C)CC5)[nH]c4c3)CC2)cn1. The molecule has 1 amide bonds. The van der Waals surface area contributed by atoms with Crippen LogP contribution in [-0.2, 0) is 6.54 Å². The fraction of sp³-hybridized carbons (Fsp3) is 0.500. The number of methoxy groups -OCH3 is 1. The molecule has 0 saturated carbocycles. The Morgan fingerprint density at radius 3 is 2.41 bits per heavy atom. The molecule has 2 saturated heterocycles. The number of fused-ring (bicyclic) bond motifs is 1. The first kappa shape index (κ1) is 30.3. The van der Waals surface area contributed by atoms with Crippen molar-refractivity contribution in [3.63, 3.8) is 0 Å². The summed E-state index contributed by atoms with van der Waals surface area (Å²) >= 11 is 0. The second-order valence-electron chi connectivity index (χ2n) is 12.1. The molecule has 1 atom stereocenters. The highest BCUT2D eigenvalue weighted by Crippen LogP contribution is 2.36. The number of nitrogens with one attached hydrogen (secondary N) is 1. The number of hydrogen-bond acceptors (Lipinski definition) is 7. The molecule has 1 N–H and O–H groups in total. The number of hydrogen-bond donors (Lipinski definition) is 1. The number of imidazole rings is 1. The normalized spacial score (nSPS) is 20.9. The molecule has 0 radical (unpaired) electrons. The molecule has 1 aliphatic carbocycles. The molecule has 2 fully saturated rings. The van der Waals surface area contributed by atoms with E-state index in [0.29, 0.717) is 50.3 Å². The summed E-state index contributed by atoms with van der Waals surface area (Å²) in [6.45, 7) is 7.60. The van der Waals surface area contributed by atoms with E-state index in [9.17, 15) is 18.0 Å². The number of rotatable bonds is 7. The van der Waals surface area contributed by atoms with Crippen LogP contribution in [0.15, 0.2) is 53.9 Å². The highest BCUT2D eigenvalue weighted by atomic mass is 19.4. The number of piperidine rings is 1. The van der Waals surface area contributed by atoms with E-state index in [4.69, 9.17) is 4.74 Å². The Balaban J connectivity index is 1.01. The summed E-state index contributed by atoms with van der Waals surface area (Å²) < 4.78 is 44.3. The minimum absolute atomic E-state index is 0.0148. The van der Waals surface area contributed by atoms with Gasteiger partial charge in [-0.3, -0.25) is 19.6 Å². The lowest BCUT2D eigenvalue weighted by atomic mass is 9.88.